The number of quaternary nitrogens is 1. The molecule has 24 heavy (non-hydrogen) atoms. The number of rotatable bonds is 9. The third-order valence-corrected chi connectivity index (χ3v) is 3.71. The minimum Gasteiger partial charge on any atom is -0.490 e. The van der Waals surface area contributed by atoms with Gasteiger partial charge < -0.3 is 19.9 Å². The van der Waals surface area contributed by atoms with E-state index in [9.17, 15) is 5.11 Å². The average Bonchev–Trinajstić information content (AvgIpc) is 2.55. The van der Waals surface area contributed by atoms with E-state index in [2.05, 4.69) is 36.5 Å². The Hall–Kier alpha value is -2.04. The van der Waals surface area contributed by atoms with Crippen LogP contribution in [0.5, 0.6) is 11.5 Å². The normalized spacial score (nSPS) is 12.0. The molecular weight excluding hydrogens is 302 g/mol. The zero-order valence-electron chi connectivity index (χ0n) is 14.8. The van der Waals surface area contributed by atoms with Crippen LogP contribution in [0.3, 0.4) is 0 Å². The number of hydrogen-bond donors (Lipinski definition) is 2. The summed E-state index contributed by atoms with van der Waals surface area (Å²) >= 11 is 0. The predicted octanol–water partition coefficient (Wildman–Crippen LogP) is 2.42. The highest BCUT2D eigenvalue weighted by Gasteiger charge is 2.08. The first-order chi connectivity index (χ1) is 11.6. The van der Waals surface area contributed by atoms with Crippen LogP contribution in [-0.4, -0.2) is 24.4 Å². The molecule has 0 aromatic heterocycles. The standard InChI is InChI=1S/C20H27NO3/c1-4-23-20-11-18(13-21-12-16(3)22)9-10-19(20)24-14-17-7-5-15(2)6-8-17/h5-11,16,21-22H,4,12-14H2,1-3H3/p+1/t16-/m1/s1. The van der Waals surface area contributed by atoms with E-state index in [1.807, 2.05) is 25.1 Å². The number of aliphatic hydroxyl groups is 1. The Bertz CT molecular complexity index is 623. The highest BCUT2D eigenvalue weighted by Crippen LogP contribution is 2.29. The van der Waals surface area contributed by atoms with Gasteiger partial charge in [-0.2, -0.15) is 0 Å². The number of hydrogen-bond acceptors (Lipinski definition) is 3. The molecule has 0 amide bonds. The maximum Gasteiger partial charge on any atom is 0.161 e. The van der Waals surface area contributed by atoms with Gasteiger partial charge in [0.2, 0.25) is 0 Å². The van der Waals surface area contributed by atoms with Crippen LogP contribution in [0.2, 0.25) is 0 Å². The molecular formula is C20H28NO3+. The minimum atomic E-state index is -0.298. The minimum absolute atomic E-state index is 0.298. The van der Waals surface area contributed by atoms with Crippen molar-refractivity contribution in [2.75, 3.05) is 13.2 Å². The van der Waals surface area contributed by atoms with Crippen LogP contribution in [-0.2, 0) is 13.2 Å². The van der Waals surface area contributed by atoms with Gasteiger partial charge in [-0.25, -0.2) is 0 Å². The third-order valence-electron chi connectivity index (χ3n) is 3.71. The van der Waals surface area contributed by atoms with Crippen molar-refractivity contribution in [2.45, 2.75) is 40.0 Å². The highest BCUT2D eigenvalue weighted by molar-refractivity contribution is 5.43. The summed E-state index contributed by atoms with van der Waals surface area (Å²) in [6.45, 7) is 8.46. The van der Waals surface area contributed by atoms with Crippen molar-refractivity contribution in [1.29, 1.82) is 0 Å². The van der Waals surface area contributed by atoms with Crippen LogP contribution >= 0.6 is 0 Å². The first-order valence-corrected chi connectivity index (χ1v) is 8.52. The van der Waals surface area contributed by atoms with Crippen molar-refractivity contribution in [1.82, 2.24) is 0 Å². The lowest BCUT2D eigenvalue weighted by Gasteiger charge is -2.13. The van der Waals surface area contributed by atoms with Gasteiger partial charge in [0, 0.05) is 5.56 Å². The average molecular weight is 330 g/mol. The summed E-state index contributed by atoms with van der Waals surface area (Å²) < 4.78 is 11.7. The van der Waals surface area contributed by atoms with Gasteiger partial charge >= 0.3 is 0 Å². The first kappa shape index (κ1) is 18.3. The summed E-state index contributed by atoms with van der Waals surface area (Å²) in [5.41, 5.74) is 3.53. The predicted molar refractivity (Wildman–Crippen MR) is 95.3 cm³/mol. The van der Waals surface area contributed by atoms with E-state index in [4.69, 9.17) is 9.47 Å². The van der Waals surface area contributed by atoms with E-state index < -0.39 is 0 Å². The Morgan fingerprint density at radius 2 is 1.71 bits per heavy atom. The fourth-order valence-electron chi connectivity index (χ4n) is 2.40. The van der Waals surface area contributed by atoms with Crippen LogP contribution in [0.15, 0.2) is 42.5 Å². The molecule has 2 rings (SSSR count). The molecule has 2 aromatic carbocycles. The van der Waals surface area contributed by atoms with Gasteiger partial charge in [0.05, 0.1) is 12.7 Å². The largest absolute Gasteiger partial charge is 0.490 e. The van der Waals surface area contributed by atoms with Gasteiger partial charge in [0.15, 0.2) is 11.5 Å². The second kappa shape index (κ2) is 9.30. The van der Waals surface area contributed by atoms with Crippen molar-refractivity contribution in [3.63, 3.8) is 0 Å². The van der Waals surface area contributed by atoms with Gasteiger partial charge in [-0.3, -0.25) is 0 Å². The fourth-order valence-corrected chi connectivity index (χ4v) is 2.40. The molecule has 0 heterocycles. The Kier molecular flexibility index (Phi) is 7.09. The quantitative estimate of drug-likeness (QED) is 0.742. The molecule has 130 valence electrons. The van der Waals surface area contributed by atoms with E-state index in [1.54, 1.807) is 6.92 Å². The van der Waals surface area contributed by atoms with E-state index >= 15 is 0 Å². The lowest BCUT2D eigenvalue weighted by atomic mass is 10.1. The Morgan fingerprint density at radius 1 is 1.00 bits per heavy atom. The number of aliphatic hydroxyl groups excluding tert-OH is 1. The van der Waals surface area contributed by atoms with Crippen LogP contribution < -0.4 is 14.8 Å². The molecule has 2 aromatic rings. The van der Waals surface area contributed by atoms with Crippen LogP contribution in [0, 0.1) is 6.92 Å². The number of nitrogens with two attached hydrogens (primary N) is 1. The summed E-state index contributed by atoms with van der Waals surface area (Å²) in [4.78, 5) is 0. The van der Waals surface area contributed by atoms with E-state index in [0.29, 0.717) is 19.8 Å². The van der Waals surface area contributed by atoms with Crippen molar-refractivity contribution >= 4 is 0 Å². The molecule has 0 radical (unpaired) electrons. The van der Waals surface area contributed by atoms with Crippen LogP contribution in [0.4, 0.5) is 0 Å². The molecule has 0 spiro atoms. The molecule has 4 heteroatoms. The molecule has 0 saturated heterocycles. The van der Waals surface area contributed by atoms with E-state index in [0.717, 1.165) is 29.2 Å². The number of ether oxygens (including phenoxy) is 2. The topological polar surface area (TPSA) is 55.3 Å². The summed E-state index contributed by atoms with van der Waals surface area (Å²) in [6, 6.07) is 14.4. The summed E-state index contributed by atoms with van der Waals surface area (Å²) in [6.07, 6.45) is -0.298. The lowest BCUT2D eigenvalue weighted by Crippen LogP contribution is -2.84. The molecule has 1 atom stereocenters. The molecule has 4 nitrogen and oxygen atoms in total. The monoisotopic (exact) mass is 330 g/mol. The van der Waals surface area contributed by atoms with Gasteiger partial charge in [0.25, 0.3) is 0 Å². The summed E-state index contributed by atoms with van der Waals surface area (Å²) in [7, 11) is 0. The Morgan fingerprint density at radius 3 is 2.38 bits per heavy atom. The van der Waals surface area contributed by atoms with Crippen molar-refractivity contribution < 1.29 is 19.9 Å². The van der Waals surface area contributed by atoms with Gasteiger partial charge in [-0.15, -0.1) is 0 Å². The van der Waals surface area contributed by atoms with E-state index in [1.165, 1.54) is 5.56 Å². The molecule has 0 aliphatic carbocycles. The zero-order chi connectivity index (χ0) is 17.4. The van der Waals surface area contributed by atoms with Crippen LogP contribution in [0.1, 0.15) is 30.5 Å². The zero-order valence-corrected chi connectivity index (χ0v) is 14.8. The van der Waals surface area contributed by atoms with Crippen molar-refractivity contribution in [2.24, 2.45) is 0 Å². The van der Waals surface area contributed by atoms with Crippen LogP contribution in [0.25, 0.3) is 0 Å². The molecule has 0 aliphatic rings. The SMILES string of the molecule is CCOc1cc(C[NH2+]C[C@@H](C)O)ccc1OCc1ccc(C)cc1. The van der Waals surface area contributed by atoms with Gasteiger partial charge in [-0.05, 0) is 44.5 Å². The Labute approximate surface area is 144 Å². The molecule has 0 aliphatic heterocycles. The smallest absolute Gasteiger partial charge is 0.161 e. The maximum absolute atomic E-state index is 9.33. The maximum atomic E-state index is 9.33. The fraction of sp³-hybridized carbons (Fsp3) is 0.400. The number of benzene rings is 2. The highest BCUT2D eigenvalue weighted by atomic mass is 16.5. The molecule has 0 unspecified atom stereocenters. The molecule has 0 bridgehead atoms. The third kappa shape index (κ3) is 5.87. The van der Waals surface area contributed by atoms with Gasteiger partial charge in [-0.1, -0.05) is 29.8 Å². The Balaban J connectivity index is 2.01. The second-order valence-corrected chi connectivity index (χ2v) is 6.07. The second-order valence-electron chi connectivity index (χ2n) is 6.07. The van der Waals surface area contributed by atoms with E-state index in [-0.39, 0.29) is 6.10 Å². The molecule has 0 fully saturated rings. The summed E-state index contributed by atoms with van der Waals surface area (Å²) in [5, 5.41) is 11.4. The van der Waals surface area contributed by atoms with Gasteiger partial charge in [0.1, 0.15) is 19.7 Å². The van der Waals surface area contributed by atoms with Crippen molar-refractivity contribution in [3.8, 4) is 11.5 Å². The van der Waals surface area contributed by atoms with Crippen molar-refractivity contribution in [3.05, 3.63) is 59.2 Å². The first-order valence-electron chi connectivity index (χ1n) is 8.52. The number of aryl methyl sites for hydroxylation is 1. The molecule has 0 saturated carbocycles. The molecule has 3 N–H and O–H groups in total. The summed E-state index contributed by atoms with van der Waals surface area (Å²) in [5.74, 6) is 1.53. The lowest BCUT2D eigenvalue weighted by molar-refractivity contribution is -0.676.